The Balaban J connectivity index is 3.64. The molecule has 0 radical (unpaired) electrons. The fraction of sp³-hybridized carbons (Fsp3) is 1.00. The predicted octanol–water partition coefficient (Wildman–Crippen LogP) is 8.65. The van der Waals surface area contributed by atoms with E-state index in [0.717, 1.165) is 25.7 Å². The first-order valence-electron chi connectivity index (χ1n) is 13.1. The van der Waals surface area contributed by atoms with Crippen molar-refractivity contribution < 1.29 is 17.2 Å². The van der Waals surface area contributed by atoms with E-state index in [2.05, 4.69) is 18.0 Å². The molecule has 30 heavy (non-hydrogen) atoms. The number of unbranched alkanes of at least 4 members (excludes halogenated alkanes) is 17. The highest BCUT2D eigenvalue weighted by Gasteiger charge is 2.13. The van der Waals surface area contributed by atoms with Crippen LogP contribution in [-0.4, -0.2) is 19.6 Å². The van der Waals surface area contributed by atoms with Crippen LogP contribution in [-0.2, 0) is 14.6 Å². The molecule has 0 aromatic carbocycles. The zero-order chi connectivity index (χ0) is 22.3. The standard InChI is InChI=1S/C25H52O4S/c1-3-5-7-9-10-11-12-13-14-15-16-17-19-21-23-25(24-29-30(26,27)28)22-20-18-8-6-4-2/h25H,3-24H2,1-2H3,(H,26,27,28). The molecule has 0 aliphatic rings. The molecule has 0 spiro atoms. The SMILES string of the molecule is CCCCCCCCCCCCCCCCC(CCCCCCC)COS(=O)(=O)O. The van der Waals surface area contributed by atoms with Gasteiger partial charge in [0.15, 0.2) is 0 Å². The minimum atomic E-state index is -4.32. The lowest BCUT2D eigenvalue weighted by atomic mass is 9.95. The summed E-state index contributed by atoms with van der Waals surface area (Å²) in [7, 11) is -4.32. The van der Waals surface area contributed by atoms with Gasteiger partial charge < -0.3 is 0 Å². The minimum Gasteiger partial charge on any atom is -0.264 e. The van der Waals surface area contributed by atoms with Crippen molar-refractivity contribution >= 4 is 10.4 Å². The van der Waals surface area contributed by atoms with Crippen molar-refractivity contribution in [2.75, 3.05) is 6.61 Å². The van der Waals surface area contributed by atoms with Gasteiger partial charge in [0.2, 0.25) is 0 Å². The molecule has 0 heterocycles. The van der Waals surface area contributed by atoms with Crippen LogP contribution < -0.4 is 0 Å². The maximum absolute atomic E-state index is 10.9. The molecule has 0 fully saturated rings. The van der Waals surface area contributed by atoms with Crippen LogP contribution in [0, 0.1) is 5.92 Å². The van der Waals surface area contributed by atoms with E-state index >= 15 is 0 Å². The van der Waals surface area contributed by atoms with E-state index in [1.165, 1.54) is 109 Å². The molecular weight excluding hydrogens is 396 g/mol. The number of hydrogen-bond acceptors (Lipinski definition) is 3. The van der Waals surface area contributed by atoms with Gasteiger partial charge in [-0.2, -0.15) is 8.42 Å². The number of hydrogen-bond donors (Lipinski definition) is 1. The van der Waals surface area contributed by atoms with E-state index in [4.69, 9.17) is 4.55 Å². The minimum absolute atomic E-state index is 0.130. The normalized spacial score (nSPS) is 13.0. The Kier molecular flexibility index (Phi) is 22.0. The summed E-state index contributed by atoms with van der Waals surface area (Å²) >= 11 is 0. The second-order valence-corrected chi connectivity index (χ2v) is 10.3. The second kappa shape index (κ2) is 22.1. The molecule has 4 nitrogen and oxygen atoms in total. The summed E-state index contributed by atoms with van der Waals surface area (Å²) in [5.74, 6) is 0.242. The first kappa shape index (κ1) is 29.9. The van der Waals surface area contributed by atoms with Crippen LogP contribution in [0.15, 0.2) is 0 Å². The fourth-order valence-corrected chi connectivity index (χ4v) is 4.52. The molecule has 0 aromatic rings. The van der Waals surface area contributed by atoms with Gasteiger partial charge >= 0.3 is 10.4 Å². The molecule has 0 saturated carbocycles. The van der Waals surface area contributed by atoms with Crippen LogP contribution in [0.1, 0.15) is 149 Å². The molecule has 0 amide bonds. The predicted molar refractivity (Wildman–Crippen MR) is 129 cm³/mol. The molecule has 0 aromatic heterocycles. The molecule has 0 bridgehead atoms. The molecule has 1 unspecified atom stereocenters. The monoisotopic (exact) mass is 448 g/mol. The average Bonchev–Trinajstić information content (AvgIpc) is 2.70. The first-order valence-corrected chi connectivity index (χ1v) is 14.5. The molecule has 1 N–H and O–H groups in total. The van der Waals surface area contributed by atoms with E-state index < -0.39 is 10.4 Å². The summed E-state index contributed by atoms with van der Waals surface area (Å²) < 4.78 is 35.3. The van der Waals surface area contributed by atoms with E-state index in [0.29, 0.717) is 0 Å². The summed E-state index contributed by atoms with van der Waals surface area (Å²) in [6.07, 6.45) is 26.9. The van der Waals surface area contributed by atoms with Crippen molar-refractivity contribution in [2.45, 2.75) is 149 Å². The van der Waals surface area contributed by atoms with E-state index in [1.54, 1.807) is 0 Å². The van der Waals surface area contributed by atoms with Crippen molar-refractivity contribution in [3.05, 3.63) is 0 Å². The maximum atomic E-state index is 10.9. The van der Waals surface area contributed by atoms with Gasteiger partial charge in [-0.3, -0.25) is 4.55 Å². The molecule has 182 valence electrons. The van der Waals surface area contributed by atoms with Crippen molar-refractivity contribution in [1.29, 1.82) is 0 Å². The summed E-state index contributed by atoms with van der Waals surface area (Å²) in [6.45, 7) is 4.61. The number of rotatable bonds is 24. The average molecular weight is 449 g/mol. The van der Waals surface area contributed by atoms with Crippen LogP contribution in [0.3, 0.4) is 0 Å². The lowest BCUT2D eigenvalue weighted by Gasteiger charge is -2.16. The summed E-state index contributed by atoms with van der Waals surface area (Å²) in [4.78, 5) is 0. The summed E-state index contributed by atoms with van der Waals surface area (Å²) in [6, 6.07) is 0. The highest BCUT2D eigenvalue weighted by atomic mass is 32.3. The third-order valence-electron chi connectivity index (χ3n) is 6.13. The second-order valence-electron chi connectivity index (χ2n) is 9.17. The summed E-state index contributed by atoms with van der Waals surface area (Å²) in [5, 5.41) is 0. The Morgan fingerprint density at radius 3 is 1.17 bits per heavy atom. The van der Waals surface area contributed by atoms with Gasteiger partial charge in [-0.15, -0.1) is 0 Å². The smallest absolute Gasteiger partial charge is 0.264 e. The van der Waals surface area contributed by atoms with E-state index in [1.807, 2.05) is 0 Å². The summed E-state index contributed by atoms with van der Waals surface area (Å²) in [5.41, 5.74) is 0. The zero-order valence-corrected chi connectivity index (χ0v) is 21.0. The fourth-order valence-electron chi connectivity index (χ4n) is 4.16. The van der Waals surface area contributed by atoms with Gasteiger partial charge in [0.05, 0.1) is 6.61 Å². The Labute approximate surface area is 188 Å². The van der Waals surface area contributed by atoms with Crippen molar-refractivity contribution in [3.8, 4) is 0 Å². The van der Waals surface area contributed by atoms with Gasteiger partial charge in [0.1, 0.15) is 0 Å². The molecular formula is C25H52O4S. The third kappa shape index (κ3) is 24.1. The Morgan fingerprint density at radius 1 is 0.567 bits per heavy atom. The highest BCUT2D eigenvalue weighted by Crippen LogP contribution is 2.20. The molecule has 0 aliphatic carbocycles. The Bertz CT molecular complexity index is 436. The lowest BCUT2D eigenvalue weighted by molar-refractivity contribution is 0.204. The van der Waals surface area contributed by atoms with Crippen LogP contribution in [0.25, 0.3) is 0 Å². The Morgan fingerprint density at radius 2 is 0.867 bits per heavy atom. The van der Waals surface area contributed by atoms with Gasteiger partial charge in [0.25, 0.3) is 0 Å². The third-order valence-corrected chi connectivity index (χ3v) is 6.57. The van der Waals surface area contributed by atoms with Gasteiger partial charge in [0, 0.05) is 0 Å². The van der Waals surface area contributed by atoms with Crippen molar-refractivity contribution in [3.63, 3.8) is 0 Å². The topological polar surface area (TPSA) is 63.6 Å². The molecule has 0 aliphatic heterocycles. The first-order chi connectivity index (χ1) is 14.5. The molecule has 1 atom stereocenters. The van der Waals surface area contributed by atoms with Crippen LogP contribution in [0.4, 0.5) is 0 Å². The Hall–Kier alpha value is -0.130. The van der Waals surface area contributed by atoms with E-state index in [-0.39, 0.29) is 12.5 Å². The van der Waals surface area contributed by atoms with Crippen molar-refractivity contribution in [2.24, 2.45) is 5.92 Å². The van der Waals surface area contributed by atoms with Crippen LogP contribution in [0.5, 0.6) is 0 Å². The van der Waals surface area contributed by atoms with E-state index in [9.17, 15) is 8.42 Å². The van der Waals surface area contributed by atoms with Gasteiger partial charge in [-0.25, -0.2) is 4.18 Å². The molecule has 5 heteroatoms. The highest BCUT2D eigenvalue weighted by molar-refractivity contribution is 7.80. The molecule has 0 saturated heterocycles. The maximum Gasteiger partial charge on any atom is 0.397 e. The van der Waals surface area contributed by atoms with Gasteiger partial charge in [-0.05, 0) is 18.8 Å². The molecule has 0 rings (SSSR count). The van der Waals surface area contributed by atoms with Crippen molar-refractivity contribution in [1.82, 2.24) is 0 Å². The lowest BCUT2D eigenvalue weighted by Crippen LogP contribution is -2.14. The largest absolute Gasteiger partial charge is 0.397 e. The van der Waals surface area contributed by atoms with Crippen LogP contribution in [0.2, 0.25) is 0 Å². The van der Waals surface area contributed by atoms with Crippen LogP contribution >= 0.6 is 0 Å². The quantitative estimate of drug-likeness (QED) is 0.118. The zero-order valence-electron chi connectivity index (χ0n) is 20.2. The van der Waals surface area contributed by atoms with Gasteiger partial charge in [-0.1, -0.05) is 136 Å².